The number of anilines is 3. The van der Waals surface area contributed by atoms with Gasteiger partial charge >= 0.3 is 0 Å². The van der Waals surface area contributed by atoms with Crippen molar-refractivity contribution in [1.82, 2.24) is 0 Å². The Balaban J connectivity index is 1.12. The first kappa shape index (κ1) is 42.9. The Morgan fingerprint density at radius 3 is 1.49 bits per heavy atom. The van der Waals surface area contributed by atoms with Crippen molar-refractivity contribution in [3.63, 3.8) is 0 Å². The van der Waals surface area contributed by atoms with Gasteiger partial charge in [0.25, 0.3) is 0 Å². The lowest BCUT2D eigenvalue weighted by Gasteiger charge is -2.35. The number of hydrogen-bond acceptors (Lipinski definition) is 1. The molecule has 0 N–H and O–H groups in total. The molecule has 0 unspecified atom stereocenters. The number of rotatable bonds is 8. The molecule has 2 heteroatoms. The van der Waals surface area contributed by atoms with E-state index in [9.17, 15) is 0 Å². The first-order valence-corrected chi connectivity index (χ1v) is 25.2. The highest BCUT2D eigenvalue weighted by Gasteiger charge is 2.46. The van der Waals surface area contributed by atoms with Gasteiger partial charge in [-0.2, -0.15) is 0 Å². The van der Waals surface area contributed by atoms with Gasteiger partial charge in [-0.3, -0.25) is 0 Å². The van der Waals surface area contributed by atoms with Gasteiger partial charge in [0.1, 0.15) is 0 Å². The molecule has 0 saturated heterocycles. The zero-order valence-corrected chi connectivity index (χ0v) is 41.3. The second kappa shape index (κ2) is 16.5. The van der Waals surface area contributed by atoms with E-state index in [0.29, 0.717) is 0 Å². The average molecular weight is 908 g/mol. The van der Waals surface area contributed by atoms with Crippen molar-refractivity contribution < 1.29 is 0 Å². The van der Waals surface area contributed by atoms with Crippen LogP contribution in [0.2, 0.25) is 0 Å². The minimum absolute atomic E-state index is 0.0392. The van der Waals surface area contributed by atoms with Gasteiger partial charge in [-0.1, -0.05) is 238 Å². The maximum Gasteiger partial charge on any atom is 0.243 e. The van der Waals surface area contributed by atoms with Crippen molar-refractivity contribution in [1.29, 1.82) is 0 Å². The van der Waals surface area contributed by atoms with E-state index in [1.807, 2.05) is 0 Å². The van der Waals surface area contributed by atoms with E-state index < -0.39 is 5.41 Å². The summed E-state index contributed by atoms with van der Waals surface area (Å²) in [5.41, 5.74) is 22.6. The molecular formula is C69H54BN. The van der Waals surface area contributed by atoms with Crippen LogP contribution in [-0.2, 0) is 5.41 Å². The maximum absolute atomic E-state index is 2.53. The molecule has 0 fully saturated rings. The molecule has 0 radical (unpaired) electrons. The molecule has 13 rings (SSSR count). The van der Waals surface area contributed by atoms with Crippen LogP contribution >= 0.6 is 0 Å². The Kier molecular flexibility index (Phi) is 9.94. The van der Waals surface area contributed by atoms with E-state index in [0.717, 1.165) is 17.1 Å². The molecular weight excluding hydrogens is 854 g/mol. The van der Waals surface area contributed by atoms with E-state index in [-0.39, 0.29) is 6.71 Å². The summed E-state index contributed by atoms with van der Waals surface area (Å²) in [6.07, 6.45) is 0. The number of fused-ring (bicyclic) bond motifs is 6. The van der Waals surface area contributed by atoms with E-state index in [4.69, 9.17) is 0 Å². The first-order chi connectivity index (χ1) is 34.7. The van der Waals surface area contributed by atoms with Gasteiger partial charge in [-0.05, 0) is 138 Å². The van der Waals surface area contributed by atoms with Crippen molar-refractivity contribution in [3.8, 4) is 11.1 Å². The largest absolute Gasteiger partial charge is 0.310 e. The number of hydrogen-bond donors (Lipinski definition) is 0. The fraction of sp³-hybridized carbons (Fsp3) is 0.101. The second-order valence-corrected chi connectivity index (χ2v) is 20.3. The van der Waals surface area contributed by atoms with Crippen LogP contribution in [0.25, 0.3) is 54.2 Å². The predicted octanol–water partition coefficient (Wildman–Crippen LogP) is 15.9. The normalized spacial score (nSPS) is 12.8. The third kappa shape index (κ3) is 6.40. The molecule has 0 bridgehead atoms. The topological polar surface area (TPSA) is 3.24 Å². The second-order valence-electron chi connectivity index (χ2n) is 20.3. The monoisotopic (exact) mass is 907 g/mol. The number of para-hydroxylation sites is 1. The third-order valence-corrected chi connectivity index (χ3v) is 16.0. The Morgan fingerprint density at radius 2 is 0.859 bits per heavy atom. The van der Waals surface area contributed by atoms with Gasteiger partial charge < -0.3 is 4.90 Å². The molecule has 0 heterocycles. The SMILES string of the molecule is Cc1cc(C)c(B(c2c(C)cc(C)cc2C)c2ccc3c4ccccc4c4c(N(c5ccccc5)c5ccc6c(c5)C(c5ccccc5)(c5ccccc5)c5ccccc5-6)ccc5ccc2c3c54)c(C)c1. The van der Waals surface area contributed by atoms with Gasteiger partial charge in [0, 0.05) is 22.1 Å². The molecule has 0 saturated carbocycles. The Bertz CT molecular complexity index is 3920. The molecule has 0 amide bonds. The minimum atomic E-state index is -0.530. The van der Waals surface area contributed by atoms with Crippen LogP contribution in [-0.4, -0.2) is 6.71 Å². The fourth-order valence-electron chi connectivity index (χ4n) is 13.5. The summed E-state index contributed by atoms with van der Waals surface area (Å²) in [5, 5.41) is 10.3. The van der Waals surface area contributed by atoms with Gasteiger partial charge in [-0.25, -0.2) is 0 Å². The standard InChI is InChI=1S/C69H54BN/c1-43-38-45(3)67(46(4)39-43)70(68-47(5)40-44(2)41-48(68)6)62-36-35-58-54-26-16-17-28-57(54)66-63(37-31-49-30-33-59(62)65(58)64(49)66)71(52-24-14-9-15-25-52)53-32-34-56-55-27-18-19-29-60(55)69(61(56)42-53,50-20-10-7-11-21-50)51-22-12-8-13-23-51/h7-42H,1-6H3. The molecule has 1 aliphatic rings. The van der Waals surface area contributed by atoms with Crippen LogP contribution in [0.1, 0.15) is 55.6 Å². The molecule has 12 aromatic rings. The van der Waals surface area contributed by atoms with E-state index in [1.165, 1.54) is 126 Å². The Morgan fingerprint density at radius 1 is 0.352 bits per heavy atom. The zero-order chi connectivity index (χ0) is 48.1. The quantitative estimate of drug-likeness (QED) is 0.0834. The summed E-state index contributed by atoms with van der Waals surface area (Å²) in [6.45, 7) is 13.8. The highest BCUT2D eigenvalue weighted by Crippen LogP contribution is 2.58. The van der Waals surface area contributed by atoms with Crippen LogP contribution in [0.15, 0.2) is 218 Å². The van der Waals surface area contributed by atoms with Crippen LogP contribution in [0.4, 0.5) is 17.1 Å². The summed E-state index contributed by atoms with van der Waals surface area (Å²) >= 11 is 0. The molecule has 12 aromatic carbocycles. The molecule has 1 aliphatic carbocycles. The van der Waals surface area contributed by atoms with Gasteiger partial charge in [0.05, 0.1) is 11.1 Å². The van der Waals surface area contributed by atoms with Gasteiger partial charge in [-0.15, -0.1) is 0 Å². The van der Waals surface area contributed by atoms with Gasteiger partial charge in [0.2, 0.25) is 6.71 Å². The molecule has 1 nitrogen and oxygen atoms in total. The zero-order valence-electron chi connectivity index (χ0n) is 41.3. The van der Waals surface area contributed by atoms with Crippen LogP contribution in [0, 0.1) is 41.5 Å². The molecule has 338 valence electrons. The summed E-state index contributed by atoms with van der Waals surface area (Å²) < 4.78 is 0. The predicted molar refractivity (Wildman–Crippen MR) is 306 cm³/mol. The molecule has 0 aromatic heterocycles. The van der Waals surface area contributed by atoms with E-state index in [2.05, 4.69) is 265 Å². The lowest BCUT2D eigenvalue weighted by atomic mass is 9.33. The summed E-state index contributed by atoms with van der Waals surface area (Å²) in [7, 11) is 0. The minimum Gasteiger partial charge on any atom is -0.310 e. The lowest BCUT2D eigenvalue weighted by molar-refractivity contribution is 0.768. The van der Waals surface area contributed by atoms with E-state index in [1.54, 1.807) is 0 Å². The third-order valence-electron chi connectivity index (χ3n) is 16.0. The Labute approximate surface area is 418 Å². The van der Waals surface area contributed by atoms with E-state index >= 15 is 0 Å². The average Bonchev–Trinajstić information content (AvgIpc) is 3.68. The molecule has 0 spiro atoms. The molecule has 71 heavy (non-hydrogen) atoms. The van der Waals surface area contributed by atoms with Crippen LogP contribution in [0.5, 0.6) is 0 Å². The number of benzene rings is 12. The van der Waals surface area contributed by atoms with Crippen LogP contribution in [0.3, 0.4) is 0 Å². The van der Waals surface area contributed by atoms with Crippen LogP contribution < -0.4 is 21.3 Å². The van der Waals surface area contributed by atoms with Gasteiger partial charge in [0.15, 0.2) is 0 Å². The fourth-order valence-corrected chi connectivity index (χ4v) is 13.5. The molecule has 0 aliphatic heterocycles. The summed E-state index contributed by atoms with van der Waals surface area (Å²) in [6, 6.07) is 82.7. The summed E-state index contributed by atoms with van der Waals surface area (Å²) in [5.74, 6) is 0. The summed E-state index contributed by atoms with van der Waals surface area (Å²) in [4.78, 5) is 2.53. The molecule has 0 atom stereocenters. The lowest BCUT2D eigenvalue weighted by Crippen LogP contribution is -2.56. The van der Waals surface area contributed by atoms with Crippen molar-refractivity contribution in [2.24, 2.45) is 0 Å². The maximum atomic E-state index is 2.53. The number of aryl methyl sites for hydroxylation is 6. The Hall–Kier alpha value is -8.20. The highest BCUT2D eigenvalue weighted by molar-refractivity contribution is 6.98. The smallest absolute Gasteiger partial charge is 0.243 e. The first-order valence-electron chi connectivity index (χ1n) is 25.2. The van der Waals surface area contributed by atoms with Crippen molar-refractivity contribution in [3.05, 3.63) is 274 Å². The van der Waals surface area contributed by atoms with Crippen molar-refractivity contribution in [2.45, 2.75) is 47.0 Å². The van der Waals surface area contributed by atoms with Crippen molar-refractivity contribution >= 4 is 83.3 Å². The highest BCUT2D eigenvalue weighted by atomic mass is 15.1. The van der Waals surface area contributed by atoms with Crippen molar-refractivity contribution in [2.75, 3.05) is 4.90 Å². The number of nitrogens with zero attached hydrogens (tertiary/aromatic N) is 1.